The Morgan fingerprint density at radius 3 is 2.65 bits per heavy atom. The Balaban J connectivity index is 2.21. The second-order valence-electron chi connectivity index (χ2n) is 4.12. The molecule has 0 spiro atoms. The highest BCUT2D eigenvalue weighted by Gasteiger charge is 2.09. The Labute approximate surface area is 122 Å². The molecule has 5 heteroatoms. The molecule has 2 aromatic rings. The summed E-state index contributed by atoms with van der Waals surface area (Å²) in [6, 6.07) is 9.89. The molecule has 0 amide bonds. The van der Waals surface area contributed by atoms with E-state index in [1.807, 2.05) is 6.07 Å². The second-order valence-corrected chi connectivity index (χ2v) is 4.53. The van der Waals surface area contributed by atoms with Gasteiger partial charge in [0.25, 0.3) is 0 Å². The molecule has 2 rings (SSSR count). The largest absolute Gasteiger partial charge is 0.497 e. The van der Waals surface area contributed by atoms with Crippen LogP contribution in [0.25, 0.3) is 0 Å². The number of anilines is 1. The van der Waals surface area contributed by atoms with Crippen LogP contribution in [0.15, 0.2) is 36.4 Å². The summed E-state index contributed by atoms with van der Waals surface area (Å²) < 4.78 is 24.0. The number of rotatable bonds is 5. The van der Waals surface area contributed by atoms with Crippen molar-refractivity contribution >= 4 is 17.3 Å². The van der Waals surface area contributed by atoms with Gasteiger partial charge in [-0.15, -0.1) is 0 Å². The molecule has 0 heterocycles. The van der Waals surface area contributed by atoms with Gasteiger partial charge in [0.15, 0.2) is 0 Å². The molecule has 0 aliphatic carbocycles. The third-order valence-electron chi connectivity index (χ3n) is 2.92. The first-order chi connectivity index (χ1) is 9.65. The summed E-state index contributed by atoms with van der Waals surface area (Å²) >= 11 is 6.13. The van der Waals surface area contributed by atoms with Crippen LogP contribution in [0.5, 0.6) is 11.5 Å². The molecule has 20 heavy (non-hydrogen) atoms. The van der Waals surface area contributed by atoms with Gasteiger partial charge in [0.05, 0.1) is 19.9 Å². The van der Waals surface area contributed by atoms with Crippen molar-refractivity contribution in [2.75, 3.05) is 19.5 Å². The summed E-state index contributed by atoms with van der Waals surface area (Å²) in [5.74, 6) is 0.894. The first kappa shape index (κ1) is 14.5. The smallest absolute Gasteiger partial charge is 0.146 e. The molecule has 0 bridgehead atoms. The van der Waals surface area contributed by atoms with Crippen LogP contribution in [0, 0.1) is 5.82 Å². The highest BCUT2D eigenvalue weighted by molar-refractivity contribution is 6.31. The second kappa shape index (κ2) is 6.48. The molecule has 0 unspecified atom stereocenters. The Bertz CT molecular complexity index is 604. The summed E-state index contributed by atoms with van der Waals surface area (Å²) in [7, 11) is 3.11. The topological polar surface area (TPSA) is 30.5 Å². The lowest BCUT2D eigenvalue weighted by molar-refractivity contribution is 0.410. The standard InChI is InChI=1S/C15H15ClFNO2/c1-19-10-6-7-13(17)14(8-10)18-9-11-12(16)4-3-5-15(11)20-2/h3-8,18H,9H2,1-2H3. The molecular formula is C15H15ClFNO2. The van der Waals surface area contributed by atoms with Gasteiger partial charge in [-0.2, -0.15) is 0 Å². The van der Waals surface area contributed by atoms with E-state index in [4.69, 9.17) is 21.1 Å². The fourth-order valence-corrected chi connectivity index (χ4v) is 2.08. The predicted molar refractivity (Wildman–Crippen MR) is 78.3 cm³/mol. The molecule has 1 N–H and O–H groups in total. The van der Waals surface area contributed by atoms with Crippen LogP contribution in [0.1, 0.15) is 5.56 Å². The fourth-order valence-electron chi connectivity index (χ4n) is 1.85. The van der Waals surface area contributed by atoms with E-state index in [-0.39, 0.29) is 5.82 Å². The molecule has 0 fully saturated rings. The highest BCUT2D eigenvalue weighted by atomic mass is 35.5. The van der Waals surface area contributed by atoms with Gasteiger partial charge >= 0.3 is 0 Å². The molecular weight excluding hydrogens is 281 g/mol. The number of halogens is 2. The Kier molecular flexibility index (Phi) is 4.69. The highest BCUT2D eigenvalue weighted by Crippen LogP contribution is 2.28. The van der Waals surface area contributed by atoms with E-state index < -0.39 is 0 Å². The van der Waals surface area contributed by atoms with E-state index in [9.17, 15) is 4.39 Å². The van der Waals surface area contributed by atoms with Crippen molar-refractivity contribution in [1.82, 2.24) is 0 Å². The Morgan fingerprint density at radius 2 is 1.95 bits per heavy atom. The maximum Gasteiger partial charge on any atom is 0.146 e. The number of benzene rings is 2. The molecule has 0 aromatic heterocycles. The van der Waals surface area contributed by atoms with E-state index >= 15 is 0 Å². The summed E-state index contributed by atoms with van der Waals surface area (Å²) in [4.78, 5) is 0. The van der Waals surface area contributed by atoms with Crippen LogP contribution in [0.3, 0.4) is 0 Å². The lowest BCUT2D eigenvalue weighted by atomic mass is 10.2. The minimum Gasteiger partial charge on any atom is -0.497 e. The molecule has 0 radical (unpaired) electrons. The van der Waals surface area contributed by atoms with Crippen molar-refractivity contribution in [2.45, 2.75) is 6.54 Å². The van der Waals surface area contributed by atoms with Crippen LogP contribution < -0.4 is 14.8 Å². The van der Waals surface area contributed by atoms with Crippen molar-refractivity contribution in [2.24, 2.45) is 0 Å². The monoisotopic (exact) mass is 295 g/mol. The summed E-state index contributed by atoms with van der Waals surface area (Å²) in [5, 5.41) is 3.57. The molecule has 0 atom stereocenters. The van der Waals surface area contributed by atoms with Gasteiger partial charge in [-0.1, -0.05) is 17.7 Å². The van der Waals surface area contributed by atoms with E-state index in [0.717, 1.165) is 5.56 Å². The zero-order valence-electron chi connectivity index (χ0n) is 11.2. The van der Waals surface area contributed by atoms with Crippen molar-refractivity contribution in [3.8, 4) is 11.5 Å². The minimum atomic E-state index is -0.350. The minimum absolute atomic E-state index is 0.350. The van der Waals surface area contributed by atoms with Crippen LogP contribution in [-0.2, 0) is 6.54 Å². The zero-order valence-corrected chi connectivity index (χ0v) is 12.0. The van der Waals surface area contributed by atoms with Crippen LogP contribution in [0.4, 0.5) is 10.1 Å². The molecule has 0 aliphatic heterocycles. The van der Waals surface area contributed by atoms with Gasteiger partial charge in [0.2, 0.25) is 0 Å². The van der Waals surface area contributed by atoms with Crippen molar-refractivity contribution in [1.29, 1.82) is 0 Å². The molecule has 0 aliphatic rings. The third kappa shape index (κ3) is 3.14. The normalized spacial score (nSPS) is 10.2. The predicted octanol–water partition coefficient (Wildman–Crippen LogP) is 4.11. The quantitative estimate of drug-likeness (QED) is 0.900. The average Bonchev–Trinajstić information content (AvgIpc) is 2.47. The Hall–Kier alpha value is -1.94. The van der Waals surface area contributed by atoms with Crippen molar-refractivity contribution in [3.63, 3.8) is 0 Å². The van der Waals surface area contributed by atoms with Gasteiger partial charge in [-0.3, -0.25) is 0 Å². The van der Waals surface area contributed by atoms with Crippen molar-refractivity contribution in [3.05, 3.63) is 52.8 Å². The van der Waals surface area contributed by atoms with E-state index in [1.54, 1.807) is 31.4 Å². The number of hydrogen-bond acceptors (Lipinski definition) is 3. The Morgan fingerprint density at radius 1 is 1.15 bits per heavy atom. The van der Waals surface area contributed by atoms with Gasteiger partial charge < -0.3 is 14.8 Å². The lowest BCUT2D eigenvalue weighted by Gasteiger charge is -2.13. The van der Waals surface area contributed by atoms with Gasteiger partial charge in [-0.25, -0.2) is 4.39 Å². The van der Waals surface area contributed by atoms with Gasteiger partial charge in [-0.05, 0) is 24.3 Å². The molecule has 2 aromatic carbocycles. The average molecular weight is 296 g/mol. The molecule has 0 saturated carbocycles. The number of hydrogen-bond donors (Lipinski definition) is 1. The van der Waals surface area contributed by atoms with Crippen molar-refractivity contribution < 1.29 is 13.9 Å². The lowest BCUT2D eigenvalue weighted by Crippen LogP contribution is -2.04. The summed E-state index contributed by atoms with van der Waals surface area (Å²) in [6.45, 7) is 0.354. The van der Waals surface area contributed by atoms with E-state index in [2.05, 4.69) is 5.32 Å². The maximum absolute atomic E-state index is 13.7. The molecule has 106 valence electrons. The third-order valence-corrected chi connectivity index (χ3v) is 3.28. The summed E-state index contributed by atoms with van der Waals surface area (Å²) in [5.41, 5.74) is 1.13. The van der Waals surface area contributed by atoms with Crippen LogP contribution >= 0.6 is 11.6 Å². The SMILES string of the molecule is COc1ccc(F)c(NCc2c(Cl)cccc2OC)c1. The number of nitrogens with one attached hydrogen (secondary N) is 1. The first-order valence-corrected chi connectivity index (χ1v) is 6.42. The first-order valence-electron chi connectivity index (χ1n) is 6.04. The number of methoxy groups -OCH3 is 2. The maximum atomic E-state index is 13.7. The number of ether oxygens (including phenoxy) is 2. The molecule has 3 nitrogen and oxygen atoms in total. The van der Waals surface area contributed by atoms with Crippen LogP contribution in [0.2, 0.25) is 5.02 Å². The summed E-state index contributed by atoms with van der Waals surface area (Å²) in [6.07, 6.45) is 0. The fraction of sp³-hybridized carbons (Fsp3) is 0.200. The van der Waals surface area contributed by atoms with Gasteiger partial charge in [0, 0.05) is 23.2 Å². The van der Waals surface area contributed by atoms with Gasteiger partial charge in [0.1, 0.15) is 17.3 Å². The van der Waals surface area contributed by atoms with E-state index in [1.165, 1.54) is 13.2 Å². The van der Waals surface area contributed by atoms with E-state index in [0.29, 0.717) is 28.8 Å². The molecule has 0 saturated heterocycles. The van der Waals surface area contributed by atoms with Crippen LogP contribution in [-0.4, -0.2) is 14.2 Å². The zero-order chi connectivity index (χ0) is 14.5.